The van der Waals surface area contributed by atoms with Gasteiger partial charge in [-0.05, 0) is 25.0 Å². The van der Waals surface area contributed by atoms with Gasteiger partial charge in [-0.2, -0.15) is 5.26 Å². The first-order valence-electron chi connectivity index (χ1n) is 6.80. The topological polar surface area (TPSA) is 75.0 Å². The average molecular weight is 295 g/mol. The summed E-state index contributed by atoms with van der Waals surface area (Å²) >= 11 is 0. The number of nitrogens with one attached hydrogen (secondary N) is 1. The van der Waals surface area contributed by atoms with Crippen molar-refractivity contribution in [2.45, 2.75) is 19.3 Å². The van der Waals surface area contributed by atoms with Crippen LogP contribution in [0.5, 0.6) is 5.88 Å². The van der Waals surface area contributed by atoms with Crippen LogP contribution in [-0.4, -0.2) is 18.0 Å². The van der Waals surface area contributed by atoms with Gasteiger partial charge in [0.25, 0.3) is 0 Å². The SMILES string of the molecule is COc1cc(C)c(NC(=O)[C@@](C)(C#N)c2ccccc2)cn1. The fourth-order valence-electron chi connectivity index (χ4n) is 2.04. The zero-order valence-corrected chi connectivity index (χ0v) is 12.8. The number of rotatable bonds is 4. The largest absolute Gasteiger partial charge is 0.481 e. The minimum atomic E-state index is -1.27. The molecule has 5 heteroatoms. The number of hydrogen-bond donors (Lipinski definition) is 1. The predicted octanol–water partition coefficient (Wildman–Crippen LogP) is 2.82. The van der Waals surface area contributed by atoms with E-state index in [9.17, 15) is 10.1 Å². The van der Waals surface area contributed by atoms with Crippen LogP contribution < -0.4 is 10.1 Å². The molecule has 0 aliphatic heterocycles. The van der Waals surface area contributed by atoms with Gasteiger partial charge < -0.3 is 10.1 Å². The molecule has 1 atom stereocenters. The molecule has 1 aromatic heterocycles. The minimum absolute atomic E-state index is 0.392. The molecule has 0 aliphatic rings. The van der Waals surface area contributed by atoms with Gasteiger partial charge in [0, 0.05) is 6.07 Å². The zero-order chi connectivity index (χ0) is 16.2. The van der Waals surface area contributed by atoms with E-state index in [1.54, 1.807) is 37.3 Å². The second kappa shape index (κ2) is 6.27. The van der Waals surface area contributed by atoms with Gasteiger partial charge in [-0.15, -0.1) is 0 Å². The summed E-state index contributed by atoms with van der Waals surface area (Å²) in [4.78, 5) is 16.7. The zero-order valence-electron chi connectivity index (χ0n) is 12.8. The minimum Gasteiger partial charge on any atom is -0.481 e. The molecule has 0 bridgehead atoms. The highest BCUT2D eigenvalue weighted by atomic mass is 16.5. The van der Waals surface area contributed by atoms with Crippen molar-refractivity contribution in [3.63, 3.8) is 0 Å². The second-order valence-corrected chi connectivity index (χ2v) is 5.10. The van der Waals surface area contributed by atoms with Crippen molar-refractivity contribution in [1.29, 1.82) is 5.26 Å². The van der Waals surface area contributed by atoms with Crippen molar-refractivity contribution in [1.82, 2.24) is 4.98 Å². The molecule has 1 heterocycles. The number of aryl methyl sites for hydroxylation is 1. The van der Waals surface area contributed by atoms with Gasteiger partial charge >= 0.3 is 0 Å². The lowest BCUT2D eigenvalue weighted by molar-refractivity contribution is -0.119. The number of pyridine rings is 1. The highest BCUT2D eigenvalue weighted by Crippen LogP contribution is 2.26. The van der Waals surface area contributed by atoms with Gasteiger partial charge in [-0.3, -0.25) is 4.79 Å². The maximum absolute atomic E-state index is 12.6. The van der Waals surface area contributed by atoms with Crippen LogP contribution in [-0.2, 0) is 10.2 Å². The summed E-state index contributed by atoms with van der Waals surface area (Å²) in [7, 11) is 1.53. The van der Waals surface area contributed by atoms with E-state index < -0.39 is 11.3 Å². The smallest absolute Gasteiger partial charge is 0.249 e. The van der Waals surface area contributed by atoms with Crippen molar-refractivity contribution in [2.75, 3.05) is 12.4 Å². The van der Waals surface area contributed by atoms with E-state index in [1.807, 2.05) is 13.0 Å². The van der Waals surface area contributed by atoms with E-state index in [0.717, 1.165) is 5.56 Å². The number of carbonyl (C=O) groups excluding carboxylic acids is 1. The van der Waals surface area contributed by atoms with Crippen LogP contribution in [0.25, 0.3) is 0 Å². The van der Waals surface area contributed by atoms with Crippen molar-refractivity contribution in [3.8, 4) is 11.9 Å². The van der Waals surface area contributed by atoms with Crippen LogP contribution in [0.15, 0.2) is 42.6 Å². The molecule has 0 unspecified atom stereocenters. The molecule has 0 saturated heterocycles. The average Bonchev–Trinajstić information content (AvgIpc) is 2.56. The summed E-state index contributed by atoms with van der Waals surface area (Å²) < 4.78 is 5.04. The fraction of sp³-hybridized carbons (Fsp3) is 0.235. The normalized spacial score (nSPS) is 12.8. The molecule has 0 radical (unpaired) electrons. The first-order valence-corrected chi connectivity index (χ1v) is 6.80. The van der Waals surface area contributed by atoms with Crippen molar-refractivity contribution >= 4 is 11.6 Å². The van der Waals surface area contributed by atoms with E-state index >= 15 is 0 Å². The van der Waals surface area contributed by atoms with Crippen LogP contribution in [0.4, 0.5) is 5.69 Å². The molecule has 2 rings (SSSR count). The van der Waals surface area contributed by atoms with Gasteiger partial charge in [0.15, 0.2) is 5.41 Å². The Morgan fingerprint density at radius 2 is 2.05 bits per heavy atom. The summed E-state index contributed by atoms with van der Waals surface area (Å²) in [5.74, 6) is 0.0814. The monoisotopic (exact) mass is 295 g/mol. The number of nitriles is 1. The fourth-order valence-corrected chi connectivity index (χ4v) is 2.04. The Hall–Kier alpha value is -2.87. The molecule has 1 aromatic carbocycles. The molecular weight excluding hydrogens is 278 g/mol. The Balaban J connectivity index is 2.29. The van der Waals surface area contributed by atoms with Gasteiger partial charge in [0.05, 0.1) is 25.1 Å². The van der Waals surface area contributed by atoms with E-state index in [2.05, 4.69) is 16.4 Å². The van der Waals surface area contributed by atoms with Crippen LogP contribution in [0.1, 0.15) is 18.1 Å². The molecule has 2 aromatic rings. The van der Waals surface area contributed by atoms with Gasteiger partial charge in [-0.25, -0.2) is 4.98 Å². The number of ether oxygens (including phenoxy) is 1. The summed E-state index contributed by atoms with van der Waals surface area (Å²) in [6.07, 6.45) is 1.52. The number of hydrogen-bond acceptors (Lipinski definition) is 4. The van der Waals surface area contributed by atoms with Crippen LogP contribution in [0.2, 0.25) is 0 Å². The molecule has 0 aliphatic carbocycles. The van der Waals surface area contributed by atoms with E-state index in [4.69, 9.17) is 4.74 Å². The molecule has 1 amide bonds. The van der Waals surface area contributed by atoms with Crippen molar-refractivity contribution in [3.05, 3.63) is 53.7 Å². The molecule has 0 saturated carbocycles. The first-order chi connectivity index (χ1) is 10.5. The van der Waals surface area contributed by atoms with Crippen LogP contribution in [0, 0.1) is 18.3 Å². The highest BCUT2D eigenvalue weighted by molar-refractivity contribution is 6.01. The molecule has 0 spiro atoms. The lowest BCUT2D eigenvalue weighted by atomic mass is 9.83. The lowest BCUT2D eigenvalue weighted by Gasteiger charge is -2.21. The molecule has 0 fully saturated rings. The second-order valence-electron chi connectivity index (χ2n) is 5.10. The standard InChI is InChI=1S/C17H17N3O2/c1-12-9-15(22-3)19-10-14(12)20-16(21)17(2,11-18)13-7-5-4-6-8-13/h4-10H,1-3H3,(H,20,21)/t17-/m0/s1. The maximum atomic E-state index is 12.6. The Kier molecular flexibility index (Phi) is 4.42. The maximum Gasteiger partial charge on any atom is 0.249 e. The number of anilines is 1. The third kappa shape index (κ3) is 2.91. The van der Waals surface area contributed by atoms with Crippen molar-refractivity contribution in [2.24, 2.45) is 0 Å². The summed E-state index contributed by atoms with van der Waals surface area (Å²) in [6, 6.07) is 12.8. The highest BCUT2D eigenvalue weighted by Gasteiger charge is 2.35. The number of carbonyl (C=O) groups is 1. The van der Waals surface area contributed by atoms with E-state index in [1.165, 1.54) is 13.3 Å². The van der Waals surface area contributed by atoms with Gasteiger partial charge in [0.1, 0.15) is 0 Å². The number of amides is 1. The Labute approximate surface area is 129 Å². The third-order valence-corrected chi connectivity index (χ3v) is 3.57. The Morgan fingerprint density at radius 1 is 1.36 bits per heavy atom. The molecule has 22 heavy (non-hydrogen) atoms. The molecule has 1 N–H and O–H groups in total. The van der Waals surface area contributed by atoms with E-state index in [-0.39, 0.29) is 0 Å². The predicted molar refractivity (Wildman–Crippen MR) is 83.6 cm³/mol. The molecule has 5 nitrogen and oxygen atoms in total. The number of aromatic nitrogens is 1. The van der Waals surface area contributed by atoms with Crippen LogP contribution >= 0.6 is 0 Å². The third-order valence-electron chi connectivity index (χ3n) is 3.57. The quantitative estimate of drug-likeness (QED) is 0.941. The number of benzene rings is 1. The van der Waals surface area contributed by atoms with Crippen molar-refractivity contribution < 1.29 is 9.53 Å². The summed E-state index contributed by atoms with van der Waals surface area (Å²) in [5.41, 5.74) is 0.749. The van der Waals surface area contributed by atoms with Crippen LogP contribution in [0.3, 0.4) is 0 Å². The molecular formula is C17H17N3O2. The van der Waals surface area contributed by atoms with E-state index in [0.29, 0.717) is 17.1 Å². The lowest BCUT2D eigenvalue weighted by Crippen LogP contribution is -2.36. The Bertz CT molecular complexity index is 722. The van der Waals surface area contributed by atoms with Gasteiger partial charge in [0.2, 0.25) is 11.8 Å². The summed E-state index contributed by atoms with van der Waals surface area (Å²) in [5, 5.41) is 12.3. The number of methoxy groups -OCH3 is 1. The number of nitrogens with zero attached hydrogens (tertiary/aromatic N) is 2. The first kappa shape index (κ1) is 15.5. The summed E-state index contributed by atoms with van der Waals surface area (Å²) in [6.45, 7) is 3.44. The molecule has 112 valence electrons. The van der Waals surface area contributed by atoms with Gasteiger partial charge in [-0.1, -0.05) is 30.3 Å². The Morgan fingerprint density at radius 3 is 2.59 bits per heavy atom.